The van der Waals surface area contributed by atoms with Gasteiger partial charge in [0, 0.05) is 0 Å². The summed E-state index contributed by atoms with van der Waals surface area (Å²) < 4.78 is 5.33. The molecule has 0 unspecified atom stereocenters. The van der Waals surface area contributed by atoms with E-state index < -0.39 is 0 Å². The molecule has 0 N–H and O–H groups in total. The van der Waals surface area contributed by atoms with Gasteiger partial charge in [-0.3, -0.25) is 14.5 Å². The highest BCUT2D eigenvalue weighted by Crippen LogP contribution is 2.61. The molecule has 24 heavy (non-hydrogen) atoms. The first-order valence-corrected chi connectivity index (χ1v) is 8.66. The number of carbonyl (C=O) groups excluding carboxylic acids is 2. The Bertz CT molecular complexity index is 782. The van der Waals surface area contributed by atoms with E-state index >= 15 is 0 Å². The Kier molecular flexibility index (Phi) is 2.96. The van der Waals surface area contributed by atoms with E-state index in [0.29, 0.717) is 23.5 Å². The summed E-state index contributed by atoms with van der Waals surface area (Å²) >= 11 is 0. The topological polar surface area (TPSA) is 50.5 Å². The van der Waals surface area contributed by atoms with Crippen LogP contribution in [0.2, 0.25) is 0 Å². The maximum absolute atomic E-state index is 13.0. The van der Waals surface area contributed by atoms with Crippen molar-refractivity contribution >= 4 is 11.8 Å². The number of imide groups is 1. The zero-order valence-electron chi connectivity index (χ0n) is 13.3. The Morgan fingerprint density at radius 3 is 2.50 bits per heavy atom. The van der Waals surface area contributed by atoms with Crippen LogP contribution in [-0.2, 0) is 16.1 Å². The summed E-state index contributed by atoms with van der Waals surface area (Å²) in [6, 6.07) is 14.1. The van der Waals surface area contributed by atoms with Gasteiger partial charge in [0.1, 0.15) is 5.76 Å². The number of likely N-dealkylation sites (tertiary alicyclic amines) is 1. The molecule has 3 fully saturated rings. The first kappa shape index (κ1) is 14.0. The van der Waals surface area contributed by atoms with Crippen molar-refractivity contribution in [3.63, 3.8) is 0 Å². The number of fused-ring (bicyclic) bond motifs is 5. The molecule has 3 aliphatic rings. The molecular formula is C20H19NO3. The Morgan fingerprint density at radius 1 is 0.958 bits per heavy atom. The van der Waals surface area contributed by atoms with Gasteiger partial charge in [-0.15, -0.1) is 0 Å². The highest BCUT2D eigenvalue weighted by Gasteiger charge is 2.63. The number of carbonyl (C=O) groups is 2. The normalized spacial score (nSPS) is 34.2. The molecule has 2 heterocycles. The van der Waals surface area contributed by atoms with Gasteiger partial charge < -0.3 is 4.42 Å². The van der Waals surface area contributed by atoms with Crippen molar-refractivity contribution in [2.75, 3.05) is 0 Å². The van der Waals surface area contributed by atoms with Gasteiger partial charge in [-0.1, -0.05) is 30.3 Å². The quantitative estimate of drug-likeness (QED) is 0.816. The Morgan fingerprint density at radius 2 is 1.75 bits per heavy atom. The third kappa shape index (κ3) is 1.86. The van der Waals surface area contributed by atoms with E-state index in [-0.39, 0.29) is 30.2 Å². The average molecular weight is 321 g/mol. The van der Waals surface area contributed by atoms with Crippen LogP contribution in [0.5, 0.6) is 0 Å². The lowest BCUT2D eigenvalue weighted by Gasteiger charge is -2.28. The summed E-state index contributed by atoms with van der Waals surface area (Å²) in [7, 11) is 0. The van der Waals surface area contributed by atoms with Crippen molar-refractivity contribution in [3.8, 4) is 0 Å². The van der Waals surface area contributed by atoms with Crippen LogP contribution < -0.4 is 0 Å². The maximum Gasteiger partial charge on any atom is 0.233 e. The number of hydrogen-bond acceptors (Lipinski definition) is 3. The number of furan rings is 1. The lowest BCUT2D eigenvalue weighted by molar-refractivity contribution is -0.141. The van der Waals surface area contributed by atoms with Crippen molar-refractivity contribution in [2.45, 2.75) is 25.3 Å². The van der Waals surface area contributed by atoms with Crippen LogP contribution in [0.25, 0.3) is 0 Å². The molecule has 4 nitrogen and oxygen atoms in total. The smallest absolute Gasteiger partial charge is 0.233 e. The number of amides is 2. The van der Waals surface area contributed by atoms with Crippen LogP contribution in [0.4, 0.5) is 0 Å². The van der Waals surface area contributed by atoms with Crippen molar-refractivity contribution in [3.05, 3.63) is 60.1 Å². The van der Waals surface area contributed by atoms with Crippen LogP contribution in [0.1, 0.15) is 30.1 Å². The van der Waals surface area contributed by atoms with E-state index in [4.69, 9.17) is 4.42 Å². The summed E-state index contributed by atoms with van der Waals surface area (Å²) in [4.78, 5) is 27.2. The van der Waals surface area contributed by atoms with Crippen LogP contribution in [-0.4, -0.2) is 16.7 Å². The standard InChI is InChI=1S/C20H19NO3/c22-19-17-13-9-15(12-5-2-1-3-6-12)16(10-13)18(17)20(23)21(19)11-14-7-4-8-24-14/h1-8,13,15-18H,9-11H2/t13-,15+,16+,17-,18-/m1/s1. The maximum atomic E-state index is 13.0. The highest BCUT2D eigenvalue weighted by molar-refractivity contribution is 6.06. The molecule has 1 saturated heterocycles. The largest absolute Gasteiger partial charge is 0.467 e. The van der Waals surface area contributed by atoms with E-state index in [1.807, 2.05) is 12.1 Å². The number of nitrogens with zero attached hydrogens (tertiary/aromatic N) is 1. The van der Waals surface area contributed by atoms with Gasteiger partial charge in [-0.05, 0) is 48.3 Å². The first-order chi connectivity index (χ1) is 11.7. The Balaban J connectivity index is 1.43. The van der Waals surface area contributed by atoms with Crippen molar-refractivity contribution in [1.29, 1.82) is 0 Å². The Labute approximate surface area is 140 Å². The second-order valence-electron chi connectivity index (χ2n) is 7.31. The van der Waals surface area contributed by atoms with Crippen LogP contribution >= 0.6 is 0 Å². The second-order valence-corrected chi connectivity index (χ2v) is 7.31. The minimum absolute atomic E-state index is 0.00883. The van der Waals surface area contributed by atoms with Crippen LogP contribution in [0, 0.1) is 23.7 Å². The van der Waals surface area contributed by atoms with Crippen molar-refractivity contribution in [1.82, 2.24) is 4.90 Å². The molecular weight excluding hydrogens is 302 g/mol. The summed E-state index contributed by atoms with van der Waals surface area (Å²) in [5.74, 6) is 1.54. The minimum atomic E-state index is -0.128. The molecule has 1 aliphatic heterocycles. The third-order valence-electron chi connectivity index (χ3n) is 6.23. The summed E-state index contributed by atoms with van der Waals surface area (Å²) in [5.41, 5.74) is 1.31. The molecule has 2 amide bonds. The predicted octanol–water partition coefficient (Wildman–Crippen LogP) is 3.20. The molecule has 2 aliphatic carbocycles. The van der Waals surface area contributed by atoms with Gasteiger partial charge in [-0.2, -0.15) is 0 Å². The first-order valence-electron chi connectivity index (χ1n) is 8.66. The predicted molar refractivity (Wildman–Crippen MR) is 86.6 cm³/mol. The van der Waals surface area contributed by atoms with E-state index in [1.165, 1.54) is 10.5 Å². The number of benzene rings is 1. The molecule has 1 aromatic carbocycles. The fraction of sp³-hybridized carbons (Fsp3) is 0.400. The summed E-state index contributed by atoms with van der Waals surface area (Å²) in [6.45, 7) is 0.271. The van der Waals surface area contributed by atoms with Crippen LogP contribution in [0.3, 0.4) is 0 Å². The zero-order valence-corrected chi connectivity index (χ0v) is 13.3. The fourth-order valence-corrected chi connectivity index (χ4v) is 5.32. The monoisotopic (exact) mass is 321 g/mol. The van der Waals surface area contributed by atoms with Gasteiger partial charge in [0.05, 0.1) is 24.6 Å². The van der Waals surface area contributed by atoms with Gasteiger partial charge in [0.15, 0.2) is 0 Å². The molecule has 2 saturated carbocycles. The Hall–Kier alpha value is -2.36. The molecule has 0 radical (unpaired) electrons. The molecule has 4 heteroatoms. The second kappa shape index (κ2) is 5.07. The van der Waals surface area contributed by atoms with E-state index in [0.717, 1.165) is 12.8 Å². The van der Waals surface area contributed by atoms with Gasteiger partial charge in [0.2, 0.25) is 11.8 Å². The molecule has 5 rings (SSSR count). The molecule has 2 bridgehead atoms. The lowest BCUT2D eigenvalue weighted by atomic mass is 9.73. The molecule has 0 spiro atoms. The minimum Gasteiger partial charge on any atom is -0.467 e. The third-order valence-corrected chi connectivity index (χ3v) is 6.23. The molecule has 2 aromatic rings. The van der Waals surface area contributed by atoms with Gasteiger partial charge >= 0.3 is 0 Å². The van der Waals surface area contributed by atoms with Crippen molar-refractivity contribution < 1.29 is 14.0 Å². The fourth-order valence-electron chi connectivity index (χ4n) is 5.32. The molecule has 122 valence electrons. The zero-order chi connectivity index (χ0) is 16.3. The summed E-state index contributed by atoms with van der Waals surface area (Å²) in [6.07, 6.45) is 3.63. The number of hydrogen-bond donors (Lipinski definition) is 0. The molecule has 5 atom stereocenters. The van der Waals surface area contributed by atoms with E-state index in [2.05, 4.69) is 24.3 Å². The van der Waals surface area contributed by atoms with Gasteiger partial charge in [-0.25, -0.2) is 0 Å². The van der Waals surface area contributed by atoms with Gasteiger partial charge in [0.25, 0.3) is 0 Å². The highest BCUT2D eigenvalue weighted by atomic mass is 16.3. The van der Waals surface area contributed by atoms with Crippen molar-refractivity contribution in [2.24, 2.45) is 23.7 Å². The average Bonchev–Trinajstić information content (AvgIpc) is 3.37. The van der Waals surface area contributed by atoms with Crippen LogP contribution in [0.15, 0.2) is 53.1 Å². The lowest BCUT2D eigenvalue weighted by Crippen LogP contribution is -2.32. The summed E-state index contributed by atoms with van der Waals surface area (Å²) in [5, 5.41) is 0. The van der Waals surface area contributed by atoms with E-state index in [1.54, 1.807) is 12.3 Å². The molecule has 1 aromatic heterocycles. The van der Waals surface area contributed by atoms with E-state index in [9.17, 15) is 9.59 Å². The SMILES string of the molecule is O=C1[C@@H]2[C@H]3C[C@H]([C@H]2C(=O)N1Cc1ccco1)[C@H](c1ccccc1)C3. The number of rotatable bonds is 3.